The third-order valence-corrected chi connectivity index (χ3v) is 9.48. The predicted octanol–water partition coefficient (Wildman–Crippen LogP) is 2.88. The van der Waals surface area contributed by atoms with Crippen LogP contribution < -0.4 is 0 Å². The number of esters is 1. The number of carbonyl (C=O) groups is 1. The molecule has 3 fully saturated rings. The number of hydrogen-bond donors (Lipinski definition) is 0. The zero-order chi connectivity index (χ0) is 23.0. The number of sulfonamides is 1. The number of benzene rings is 1. The molecule has 9 nitrogen and oxygen atoms in total. The van der Waals surface area contributed by atoms with Gasteiger partial charge < -0.3 is 9.47 Å². The van der Waals surface area contributed by atoms with Crippen LogP contribution >= 0.6 is 11.8 Å². The maximum absolute atomic E-state index is 13.2. The van der Waals surface area contributed by atoms with Gasteiger partial charge in [0.1, 0.15) is 11.4 Å². The van der Waals surface area contributed by atoms with Gasteiger partial charge in [0.2, 0.25) is 10.0 Å². The molecule has 1 aromatic carbocycles. The lowest BCUT2D eigenvalue weighted by molar-refractivity contribution is -0.140. The molecule has 0 bridgehead atoms. The molecule has 2 saturated heterocycles. The summed E-state index contributed by atoms with van der Waals surface area (Å²) >= 11 is 1.40. The van der Waals surface area contributed by atoms with Gasteiger partial charge in [-0.2, -0.15) is 4.31 Å². The number of ether oxygens (including phenoxy) is 2. The number of rotatable bonds is 6. The number of hydrogen-bond acceptors (Lipinski definition) is 8. The minimum absolute atomic E-state index is 0.0978. The molecule has 1 aliphatic carbocycles. The van der Waals surface area contributed by atoms with E-state index < -0.39 is 10.0 Å². The molecule has 33 heavy (non-hydrogen) atoms. The molecule has 1 aromatic heterocycles. The minimum atomic E-state index is -3.62. The van der Waals surface area contributed by atoms with Crippen LogP contribution in [-0.2, 0) is 24.3 Å². The minimum Gasteiger partial charge on any atom is -0.462 e. The summed E-state index contributed by atoms with van der Waals surface area (Å²) in [6, 6.07) is 7.15. The van der Waals surface area contributed by atoms with Crippen LogP contribution in [-0.4, -0.2) is 71.1 Å². The topological polar surface area (TPSA) is 104 Å². The van der Waals surface area contributed by atoms with Gasteiger partial charge in [-0.25, -0.2) is 8.42 Å². The highest BCUT2D eigenvalue weighted by Crippen LogP contribution is 2.39. The molecule has 2 aromatic rings. The second kappa shape index (κ2) is 9.36. The number of morpholine rings is 1. The average Bonchev–Trinajstić information content (AvgIpc) is 3.55. The van der Waals surface area contributed by atoms with Crippen LogP contribution in [0.2, 0.25) is 0 Å². The van der Waals surface area contributed by atoms with E-state index in [0.29, 0.717) is 49.3 Å². The van der Waals surface area contributed by atoms with E-state index in [1.807, 2.05) is 13.0 Å². The van der Waals surface area contributed by atoms with Crippen LogP contribution in [0.25, 0.3) is 11.4 Å². The van der Waals surface area contributed by atoms with E-state index >= 15 is 0 Å². The first-order chi connectivity index (χ1) is 15.9. The molecule has 2 atom stereocenters. The van der Waals surface area contributed by atoms with E-state index in [4.69, 9.17) is 9.47 Å². The zero-order valence-electron chi connectivity index (χ0n) is 18.6. The third-order valence-electron chi connectivity index (χ3n) is 6.43. The van der Waals surface area contributed by atoms with Gasteiger partial charge in [0.15, 0.2) is 11.0 Å². The molecule has 3 heterocycles. The SMILES string of the molecule is C[C@@H]1C[C@H](Sc2nnc(-c3cccc(S(=O)(=O)N4CCOCC4)c3)n2C2CCCC2)C(=O)O1. The molecule has 0 N–H and O–H groups in total. The Labute approximate surface area is 197 Å². The fourth-order valence-electron chi connectivity index (χ4n) is 4.72. The molecule has 0 unspecified atom stereocenters. The summed E-state index contributed by atoms with van der Waals surface area (Å²) in [5.74, 6) is 0.427. The van der Waals surface area contributed by atoms with Crippen LogP contribution in [0, 0.1) is 0 Å². The van der Waals surface area contributed by atoms with Crippen molar-refractivity contribution in [2.75, 3.05) is 26.3 Å². The van der Waals surface area contributed by atoms with Crippen LogP contribution in [0.4, 0.5) is 0 Å². The standard InChI is InChI=1S/C22H28N4O5S2/c1-15-13-19(21(27)31-15)32-22-24-23-20(26(22)17-6-2-3-7-17)16-5-4-8-18(14-16)33(28,29)25-9-11-30-12-10-25/h4-5,8,14-15,17,19H,2-3,6-7,9-13H2,1H3/t15-,19+/m1/s1. The normalized spacial score (nSPS) is 24.9. The smallest absolute Gasteiger partial charge is 0.319 e. The highest BCUT2D eigenvalue weighted by molar-refractivity contribution is 8.00. The van der Waals surface area contributed by atoms with E-state index in [-0.39, 0.29) is 28.3 Å². The Balaban J connectivity index is 1.49. The summed E-state index contributed by atoms with van der Waals surface area (Å²) in [6.07, 6.45) is 4.82. The Kier molecular flexibility index (Phi) is 6.47. The molecular weight excluding hydrogens is 464 g/mol. The van der Waals surface area contributed by atoms with Gasteiger partial charge in [0.25, 0.3) is 0 Å². The predicted molar refractivity (Wildman–Crippen MR) is 122 cm³/mol. The molecule has 5 rings (SSSR count). The average molecular weight is 493 g/mol. The van der Waals surface area contributed by atoms with E-state index in [1.165, 1.54) is 16.1 Å². The van der Waals surface area contributed by atoms with Gasteiger partial charge >= 0.3 is 5.97 Å². The summed E-state index contributed by atoms with van der Waals surface area (Å²) in [4.78, 5) is 12.5. The van der Waals surface area contributed by atoms with E-state index in [2.05, 4.69) is 14.8 Å². The van der Waals surface area contributed by atoms with Crippen molar-refractivity contribution in [2.24, 2.45) is 0 Å². The zero-order valence-corrected chi connectivity index (χ0v) is 20.2. The van der Waals surface area contributed by atoms with E-state index in [0.717, 1.165) is 25.7 Å². The third kappa shape index (κ3) is 4.55. The Morgan fingerprint density at radius 3 is 2.58 bits per heavy atom. The quantitative estimate of drug-likeness (QED) is 0.567. The van der Waals surface area contributed by atoms with Crippen LogP contribution in [0.1, 0.15) is 45.1 Å². The maximum atomic E-state index is 13.2. The van der Waals surface area contributed by atoms with Crippen LogP contribution in [0.5, 0.6) is 0 Å². The Morgan fingerprint density at radius 1 is 1.12 bits per heavy atom. The molecular formula is C22H28N4O5S2. The Bertz CT molecular complexity index is 1120. The maximum Gasteiger partial charge on any atom is 0.319 e. The highest BCUT2D eigenvalue weighted by Gasteiger charge is 2.36. The Hall–Kier alpha value is -1.95. The lowest BCUT2D eigenvalue weighted by atomic mass is 10.2. The summed E-state index contributed by atoms with van der Waals surface area (Å²) in [5.41, 5.74) is 0.706. The molecule has 3 aliphatic rings. The van der Waals surface area contributed by atoms with E-state index in [9.17, 15) is 13.2 Å². The monoisotopic (exact) mass is 492 g/mol. The van der Waals surface area contributed by atoms with Crippen LogP contribution in [0.15, 0.2) is 34.3 Å². The number of carbonyl (C=O) groups excluding carboxylic acids is 1. The van der Waals surface area contributed by atoms with Crippen LogP contribution in [0.3, 0.4) is 0 Å². The van der Waals surface area contributed by atoms with Gasteiger partial charge in [-0.05, 0) is 31.9 Å². The van der Waals surface area contributed by atoms with Crippen molar-refractivity contribution in [2.45, 2.75) is 66.5 Å². The molecule has 2 aliphatic heterocycles. The lowest BCUT2D eigenvalue weighted by Gasteiger charge is -2.26. The number of nitrogens with zero attached hydrogens (tertiary/aromatic N) is 4. The van der Waals surface area contributed by atoms with Crippen molar-refractivity contribution in [1.29, 1.82) is 0 Å². The fraction of sp³-hybridized carbons (Fsp3) is 0.591. The molecule has 1 saturated carbocycles. The highest BCUT2D eigenvalue weighted by atomic mass is 32.2. The van der Waals surface area contributed by atoms with E-state index in [1.54, 1.807) is 18.2 Å². The van der Waals surface area contributed by atoms with Crippen molar-refractivity contribution < 1.29 is 22.7 Å². The first kappa shape index (κ1) is 22.8. The second-order valence-corrected chi connectivity index (χ2v) is 11.9. The summed E-state index contributed by atoms with van der Waals surface area (Å²) in [5, 5.41) is 9.29. The summed E-state index contributed by atoms with van der Waals surface area (Å²) in [7, 11) is -3.62. The lowest BCUT2D eigenvalue weighted by Crippen LogP contribution is -2.40. The van der Waals surface area contributed by atoms with Crippen molar-refractivity contribution in [3.63, 3.8) is 0 Å². The first-order valence-electron chi connectivity index (χ1n) is 11.4. The Morgan fingerprint density at radius 2 is 1.88 bits per heavy atom. The van der Waals surface area contributed by atoms with Gasteiger partial charge in [-0.1, -0.05) is 36.7 Å². The number of aromatic nitrogens is 3. The summed E-state index contributed by atoms with van der Waals surface area (Å²) < 4.78 is 40.6. The molecule has 11 heteroatoms. The van der Waals surface area contributed by atoms with Crippen molar-refractivity contribution in [3.8, 4) is 11.4 Å². The summed E-state index contributed by atoms with van der Waals surface area (Å²) in [6.45, 7) is 3.39. The molecule has 0 spiro atoms. The largest absolute Gasteiger partial charge is 0.462 e. The van der Waals surface area contributed by atoms with Gasteiger partial charge in [0.05, 0.1) is 18.1 Å². The molecule has 178 valence electrons. The molecule has 0 radical (unpaired) electrons. The number of thioether (sulfide) groups is 1. The fourth-order valence-corrected chi connectivity index (χ4v) is 7.39. The van der Waals surface area contributed by atoms with Crippen molar-refractivity contribution in [1.82, 2.24) is 19.1 Å². The first-order valence-corrected chi connectivity index (χ1v) is 13.8. The van der Waals surface area contributed by atoms with Gasteiger partial charge in [0, 0.05) is 31.1 Å². The second-order valence-electron chi connectivity index (χ2n) is 8.75. The van der Waals surface area contributed by atoms with Crippen molar-refractivity contribution >= 4 is 27.8 Å². The van der Waals surface area contributed by atoms with Gasteiger partial charge in [-0.3, -0.25) is 9.36 Å². The van der Waals surface area contributed by atoms with Crippen molar-refractivity contribution in [3.05, 3.63) is 24.3 Å². The molecule has 0 amide bonds. The number of cyclic esters (lactones) is 1. The van der Waals surface area contributed by atoms with Gasteiger partial charge in [-0.15, -0.1) is 10.2 Å².